The summed E-state index contributed by atoms with van der Waals surface area (Å²) in [5.41, 5.74) is 0. The molecule has 1 saturated heterocycles. The summed E-state index contributed by atoms with van der Waals surface area (Å²) in [5.74, 6) is 0.273. The largest absolute Gasteiger partial charge is 0.374 e. The Morgan fingerprint density at radius 2 is 2.00 bits per heavy atom. The Morgan fingerprint density at radius 3 is 2.61 bits per heavy atom. The Bertz CT molecular complexity index is 319. The molecule has 0 atom stereocenters. The van der Waals surface area contributed by atoms with E-state index in [1.165, 1.54) is 0 Å². The number of hydrogen-bond donors (Lipinski definition) is 2. The standard InChI is InChI=1S/C10H20F2N2O3S/c11-10(12)7-17-6-5-14-18(15,16)8-9-1-3-13-4-2-9/h9-10,13-14H,1-8H2. The van der Waals surface area contributed by atoms with Crippen LogP contribution in [0.2, 0.25) is 0 Å². The van der Waals surface area contributed by atoms with Crippen LogP contribution < -0.4 is 10.0 Å². The number of rotatable bonds is 8. The van der Waals surface area contributed by atoms with Crippen molar-refractivity contribution in [2.75, 3.05) is 38.6 Å². The molecule has 0 aromatic heterocycles. The summed E-state index contributed by atoms with van der Waals surface area (Å²) < 4.78 is 53.7. The number of alkyl halides is 2. The fourth-order valence-electron chi connectivity index (χ4n) is 1.86. The van der Waals surface area contributed by atoms with E-state index in [4.69, 9.17) is 0 Å². The molecule has 1 rings (SSSR count). The van der Waals surface area contributed by atoms with Crippen LogP contribution in [-0.2, 0) is 14.8 Å². The smallest absolute Gasteiger partial charge is 0.261 e. The van der Waals surface area contributed by atoms with E-state index in [2.05, 4.69) is 14.8 Å². The summed E-state index contributed by atoms with van der Waals surface area (Å²) in [4.78, 5) is 0. The summed E-state index contributed by atoms with van der Waals surface area (Å²) in [7, 11) is -3.33. The minimum absolute atomic E-state index is 0.0320. The maximum atomic E-state index is 11.7. The average molecular weight is 286 g/mol. The summed E-state index contributed by atoms with van der Waals surface area (Å²) in [6, 6.07) is 0. The molecule has 5 nitrogen and oxygen atoms in total. The van der Waals surface area contributed by atoms with Crippen molar-refractivity contribution in [3.63, 3.8) is 0 Å². The SMILES string of the molecule is O=S(=O)(CC1CCNCC1)NCCOCC(F)F. The minimum Gasteiger partial charge on any atom is -0.374 e. The van der Waals surface area contributed by atoms with Crippen molar-refractivity contribution in [2.24, 2.45) is 5.92 Å². The Labute approximate surface area is 106 Å². The molecular formula is C10H20F2N2O3S. The van der Waals surface area contributed by atoms with Gasteiger partial charge in [0.05, 0.1) is 12.4 Å². The van der Waals surface area contributed by atoms with Crippen molar-refractivity contribution in [1.29, 1.82) is 0 Å². The van der Waals surface area contributed by atoms with Gasteiger partial charge in [0.2, 0.25) is 10.0 Å². The molecule has 0 bridgehead atoms. The van der Waals surface area contributed by atoms with E-state index in [0.29, 0.717) is 0 Å². The number of sulfonamides is 1. The highest BCUT2D eigenvalue weighted by molar-refractivity contribution is 7.89. The van der Waals surface area contributed by atoms with Gasteiger partial charge in [0.1, 0.15) is 6.61 Å². The van der Waals surface area contributed by atoms with Crippen LogP contribution in [0.5, 0.6) is 0 Å². The molecule has 2 N–H and O–H groups in total. The molecule has 0 saturated carbocycles. The highest BCUT2D eigenvalue weighted by Crippen LogP contribution is 2.13. The van der Waals surface area contributed by atoms with Crippen molar-refractivity contribution < 1.29 is 21.9 Å². The zero-order valence-corrected chi connectivity index (χ0v) is 11.0. The highest BCUT2D eigenvalue weighted by atomic mass is 32.2. The third-order valence-corrected chi connectivity index (χ3v) is 4.28. The van der Waals surface area contributed by atoms with E-state index in [1.54, 1.807) is 0 Å². The molecular weight excluding hydrogens is 266 g/mol. The molecule has 0 radical (unpaired) electrons. The predicted octanol–water partition coefficient (Wildman–Crippen LogP) is 0.187. The lowest BCUT2D eigenvalue weighted by Gasteiger charge is -2.22. The van der Waals surface area contributed by atoms with E-state index in [0.717, 1.165) is 25.9 Å². The lowest BCUT2D eigenvalue weighted by atomic mass is 10.0. The molecule has 1 heterocycles. The first-order valence-electron chi connectivity index (χ1n) is 6.03. The van der Waals surface area contributed by atoms with Crippen LogP contribution in [0, 0.1) is 5.92 Å². The van der Waals surface area contributed by atoms with E-state index in [9.17, 15) is 17.2 Å². The van der Waals surface area contributed by atoms with Gasteiger partial charge in [-0.1, -0.05) is 0 Å². The molecule has 108 valence electrons. The second kappa shape index (κ2) is 7.98. The second-order valence-electron chi connectivity index (χ2n) is 4.34. The van der Waals surface area contributed by atoms with Crippen LogP contribution in [0.15, 0.2) is 0 Å². The fraction of sp³-hybridized carbons (Fsp3) is 1.00. The van der Waals surface area contributed by atoms with Crippen LogP contribution in [0.3, 0.4) is 0 Å². The zero-order chi connectivity index (χ0) is 13.4. The first kappa shape index (κ1) is 15.7. The molecule has 0 unspecified atom stereocenters. The average Bonchev–Trinajstić information content (AvgIpc) is 2.28. The normalized spacial score (nSPS) is 18.4. The molecule has 0 aromatic rings. The van der Waals surface area contributed by atoms with Crippen LogP contribution >= 0.6 is 0 Å². The van der Waals surface area contributed by atoms with E-state index in [-0.39, 0.29) is 24.8 Å². The quantitative estimate of drug-likeness (QED) is 0.625. The molecule has 18 heavy (non-hydrogen) atoms. The van der Waals surface area contributed by atoms with Crippen LogP contribution in [0.4, 0.5) is 8.78 Å². The second-order valence-corrected chi connectivity index (χ2v) is 6.19. The van der Waals surface area contributed by atoms with Gasteiger partial charge in [-0.15, -0.1) is 0 Å². The topological polar surface area (TPSA) is 67.4 Å². The van der Waals surface area contributed by atoms with Gasteiger partial charge in [0.25, 0.3) is 6.43 Å². The first-order chi connectivity index (χ1) is 8.49. The van der Waals surface area contributed by atoms with Gasteiger partial charge in [-0.2, -0.15) is 0 Å². The van der Waals surface area contributed by atoms with Crippen molar-refractivity contribution in [3.8, 4) is 0 Å². The number of ether oxygens (including phenoxy) is 1. The minimum atomic E-state index is -3.33. The van der Waals surface area contributed by atoms with Gasteiger partial charge in [0.15, 0.2) is 0 Å². The number of halogens is 2. The van der Waals surface area contributed by atoms with Crippen LogP contribution in [-0.4, -0.2) is 53.4 Å². The molecule has 1 aliphatic heterocycles. The van der Waals surface area contributed by atoms with E-state index < -0.39 is 23.1 Å². The van der Waals surface area contributed by atoms with Gasteiger partial charge in [-0.3, -0.25) is 0 Å². The molecule has 8 heteroatoms. The summed E-state index contributed by atoms with van der Waals surface area (Å²) >= 11 is 0. The molecule has 0 spiro atoms. The van der Waals surface area contributed by atoms with Gasteiger partial charge in [-0.25, -0.2) is 21.9 Å². The van der Waals surface area contributed by atoms with Crippen molar-refractivity contribution in [1.82, 2.24) is 10.0 Å². The fourth-order valence-corrected chi connectivity index (χ4v) is 3.33. The molecule has 0 aromatic carbocycles. The lowest BCUT2D eigenvalue weighted by molar-refractivity contribution is 0.0199. The maximum Gasteiger partial charge on any atom is 0.261 e. The van der Waals surface area contributed by atoms with Gasteiger partial charge in [-0.05, 0) is 31.8 Å². The van der Waals surface area contributed by atoms with E-state index >= 15 is 0 Å². The number of nitrogens with one attached hydrogen (secondary N) is 2. The zero-order valence-electron chi connectivity index (χ0n) is 10.2. The summed E-state index contributed by atoms with van der Waals surface area (Å²) in [5, 5.41) is 3.16. The number of hydrogen-bond acceptors (Lipinski definition) is 4. The summed E-state index contributed by atoms with van der Waals surface area (Å²) in [6.45, 7) is 1.04. The predicted molar refractivity (Wildman–Crippen MR) is 64.2 cm³/mol. The first-order valence-corrected chi connectivity index (χ1v) is 7.69. The molecule has 1 fully saturated rings. The highest BCUT2D eigenvalue weighted by Gasteiger charge is 2.20. The monoisotopic (exact) mass is 286 g/mol. The lowest BCUT2D eigenvalue weighted by Crippen LogP contribution is -2.36. The Morgan fingerprint density at radius 1 is 1.33 bits per heavy atom. The van der Waals surface area contributed by atoms with Crippen molar-refractivity contribution >= 4 is 10.0 Å². The molecule has 1 aliphatic rings. The Balaban J connectivity index is 2.14. The third-order valence-electron chi connectivity index (χ3n) is 2.73. The molecule has 0 aliphatic carbocycles. The van der Waals surface area contributed by atoms with Crippen LogP contribution in [0.25, 0.3) is 0 Å². The van der Waals surface area contributed by atoms with Gasteiger partial charge < -0.3 is 10.1 Å². The molecule has 0 amide bonds. The van der Waals surface area contributed by atoms with Crippen LogP contribution in [0.1, 0.15) is 12.8 Å². The van der Waals surface area contributed by atoms with Gasteiger partial charge in [0, 0.05) is 6.54 Å². The Kier molecular flexibility index (Phi) is 6.98. The summed E-state index contributed by atoms with van der Waals surface area (Å²) in [6.07, 6.45) is -0.817. The number of piperidine rings is 1. The maximum absolute atomic E-state index is 11.7. The Hall–Kier alpha value is -0.310. The van der Waals surface area contributed by atoms with Crippen molar-refractivity contribution in [2.45, 2.75) is 19.3 Å². The third kappa shape index (κ3) is 7.20. The van der Waals surface area contributed by atoms with Crippen molar-refractivity contribution in [3.05, 3.63) is 0 Å². The van der Waals surface area contributed by atoms with Gasteiger partial charge >= 0.3 is 0 Å². The van der Waals surface area contributed by atoms with E-state index in [1.807, 2.05) is 0 Å².